The van der Waals surface area contributed by atoms with Crippen LogP contribution in [0.5, 0.6) is 0 Å². The van der Waals surface area contributed by atoms with Crippen LogP contribution in [-0.4, -0.2) is 36.2 Å². The number of pyridine rings is 1. The number of ether oxygens (including phenoxy) is 1. The van der Waals surface area contributed by atoms with Crippen LogP contribution in [0.2, 0.25) is 0 Å². The Labute approximate surface area is 103 Å². The van der Waals surface area contributed by atoms with Crippen LogP contribution in [0.1, 0.15) is 19.4 Å². The lowest BCUT2D eigenvalue weighted by Gasteiger charge is -2.17. The minimum Gasteiger partial charge on any atom is -0.377 e. The van der Waals surface area contributed by atoms with E-state index in [0.717, 1.165) is 19.7 Å². The number of hydrogen-bond donors (Lipinski definition) is 2. The Balaban J connectivity index is 2.36. The molecule has 0 fully saturated rings. The molecular weight excluding hydrogens is 216 g/mol. The molecule has 0 spiro atoms. The Kier molecular flexibility index (Phi) is 5.90. The van der Waals surface area contributed by atoms with Crippen molar-refractivity contribution in [3.05, 3.63) is 23.9 Å². The van der Waals surface area contributed by atoms with Crippen LogP contribution in [0.15, 0.2) is 18.3 Å². The summed E-state index contributed by atoms with van der Waals surface area (Å²) in [6.07, 6.45) is 2.04. The predicted molar refractivity (Wildman–Crippen MR) is 69.5 cm³/mol. The van der Waals surface area contributed by atoms with Gasteiger partial charge in [0.15, 0.2) is 0 Å². The molecule has 1 aromatic heterocycles. The van der Waals surface area contributed by atoms with Gasteiger partial charge in [-0.3, -0.25) is 4.90 Å². The molecule has 5 nitrogen and oxygen atoms in total. The van der Waals surface area contributed by atoms with Crippen molar-refractivity contribution in [2.24, 2.45) is 5.84 Å². The summed E-state index contributed by atoms with van der Waals surface area (Å²) in [7, 11) is 2.07. The fourth-order valence-electron chi connectivity index (χ4n) is 1.49. The molecule has 0 saturated carbocycles. The molecule has 0 saturated heterocycles. The molecule has 96 valence electrons. The first-order chi connectivity index (χ1) is 8.11. The quantitative estimate of drug-likeness (QED) is 0.552. The molecule has 0 aliphatic heterocycles. The Hall–Kier alpha value is -1.17. The van der Waals surface area contributed by atoms with Gasteiger partial charge in [-0.15, -0.1) is 0 Å². The predicted octanol–water partition coefficient (Wildman–Crippen LogP) is 1.22. The maximum Gasteiger partial charge on any atom is 0.140 e. The van der Waals surface area contributed by atoms with Gasteiger partial charge in [0, 0.05) is 19.3 Å². The largest absolute Gasteiger partial charge is 0.377 e. The highest BCUT2D eigenvalue weighted by atomic mass is 16.5. The summed E-state index contributed by atoms with van der Waals surface area (Å²) in [5.41, 5.74) is 3.72. The minimum atomic E-state index is 0.289. The number of nitrogens with zero attached hydrogens (tertiary/aromatic N) is 2. The highest BCUT2D eigenvalue weighted by Gasteiger charge is 2.02. The van der Waals surface area contributed by atoms with Gasteiger partial charge in [0.05, 0.1) is 12.7 Å². The summed E-state index contributed by atoms with van der Waals surface area (Å²) < 4.78 is 5.51. The van der Waals surface area contributed by atoms with E-state index in [1.54, 1.807) is 6.20 Å². The SMILES string of the molecule is CC(C)OCCN(C)Cc1ccnc(NN)c1. The van der Waals surface area contributed by atoms with E-state index in [9.17, 15) is 0 Å². The van der Waals surface area contributed by atoms with Crippen LogP contribution in [0, 0.1) is 0 Å². The third-order valence-corrected chi connectivity index (χ3v) is 2.35. The molecule has 17 heavy (non-hydrogen) atoms. The lowest BCUT2D eigenvalue weighted by atomic mass is 10.2. The Morgan fingerprint density at radius 2 is 2.29 bits per heavy atom. The maximum atomic E-state index is 5.51. The molecule has 1 aromatic rings. The Morgan fingerprint density at radius 3 is 2.94 bits per heavy atom. The fourth-order valence-corrected chi connectivity index (χ4v) is 1.49. The maximum absolute atomic E-state index is 5.51. The zero-order chi connectivity index (χ0) is 12.7. The van der Waals surface area contributed by atoms with E-state index < -0.39 is 0 Å². The molecule has 0 amide bonds. The molecule has 3 N–H and O–H groups in total. The third kappa shape index (κ3) is 5.63. The van der Waals surface area contributed by atoms with Crippen LogP contribution < -0.4 is 11.3 Å². The Bertz CT molecular complexity index is 330. The number of anilines is 1. The number of aromatic nitrogens is 1. The number of rotatable bonds is 7. The third-order valence-electron chi connectivity index (χ3n) is 2.35. The lowest BCUT2D eigenvalue weighted by molar-refractivity contribution is 0.0627. The average Bonchev–Trinajstić information content (AvgIpc) is 2.28. The first kappa shape index (κ1) is 13.9. The second kappa shape index (κ2) is 7.21. The van der Waals surface area contributed by atoms with E-state index in [2.05, 4.69) is 22.4 Å². The summed E-state index contributed by atoms with van der Waals surface area (Å²) in [5.74, 6) is 6.01. The molecule has 0 aliphatic rings. The highest BCUT2D eigenvalue weighted by Crippen LogP contribution is 2.07. The van der Waals surface area contributed by atoms with Crippen molar-refractivity contribution in [2.45, 2.75) is 26.5 Å². The lowest BCUT2D eigenvalue weighted by Crippen LogP contribution is -2.24. The zero-order valence-electron chi connectivity index (χ0n) is 10.8. The number of nitrogens with one attached hydrogen (secondary N) is 1. The van der Waals surface area contributed by atoms with Gasteiger partial charge in [-0.2, -0.15) is 0 Å². The molecule has 0 aliphatic carbocycles. The molecule has 0 bridgehead atoms. The van der Waals surface area contributed by atoms with E-state index in [-0.39, 0.29) is 6.10 Å². The summed E-state index contributed by atoms with van der Waals surface area (Å²) >= 11 is 0. The van der Waals surface area contributed by atoms with E-state index in [0.29, 0.717) is 5.82 Å². The van der Waals surface area contributed by atoms with E-state index >= 15 is 0 Å². The summed E-state index contributed by atoms with van der Waals surface area (Å²) in [6.45, 7) is 6.61. The van der Waals surface area contributed by atoms with Gasteiger partial charge < -0.3 is 10.2 Å². The van der Waals surface area contributed by atoms with Crippen LogP contribution >= 0.6 is 0 Å². The van der Waals surface area contributed by atoms with Gasteiger partial charge in [0.1, 0.15) is 5.82 Å². The monoisotopic (exact) mass is 238 g/mol. The van der Waals surface area contributed by atoms with Crippen molar-refractivity contribution in [3.8, 4) is 0 Å². The first-order valence-electron chi connectivity index (χ1n) is 5.83. The summed E-state index contributed by atoms with van der Waals surface area (Å²) in [4.78, 5) is 6.28. The topological polar surface area (TPSA) is 63.4 Å². The normalized spacial score (nSPS) is 11.2. The average molecular weight is 238 g/mol. The van der Waals surface area contributed by atoms with E-state index in [4.69, 9.17) is 10.6 Å². The molecule has 1 rings (SSSR count). The smallest absolute Gasteiger partial charge is 0.140 e. The van der Waals surface area contributed by atoms with Crippen molar-refractivity contribution in [1.82, 2.24) is 9.88 Å². The molecule has 0 aromatic carbocycles. The minimum absolute atomic E-state index is 0.289. The van der Waals surface area contributed by atoms with Gasteiger partial charge in [0.2, 0.25) is 0 Å². The molecule has 0 unspecified atom stereocenters. The number of nitrogen functional groups attached to an aromatic ring is 1. The number of hydrogen-bond acceptors (Lipinski definition) is 5. The van der Waals surface area contributed by atoms with Gasteiger partial charge >= 0.3 is 0 Å². The second-order valence-electron chi connectivity index (χ2n) is 4.35. The zero-order valence-corrected chi connectivity index (χ0v) is 10.8. The number of likely N-dealkylation sites (N-methyl/N-ethyl adjacent to an activating group) is 1. The van der Waals surface area contributed by atoms with Gasteiger partial charge in [-0.25, -0.2) is 10.8 Å². The van der Waals surface area contributed by atoms with E-state index in [1.807, 2.05) is 26.0 Å². The van der Waals surface area contributed by atoms with Crippen molar-refractivity contribution in [1.29, 1.82) is 0 Å². The molecule has 0 atom stereocenters. The highest BCUT2D eigenvalue weighted by molar-refractivity contribution is 5.35. The molecule has 5 heteroatoms. The van der Waals surface area contributed by atoms with Crippen molar-refractivity contribution < 1.29 is 4.74 Å². The van der Waals surface area contributed by atoms with Crippen molar-refractivity contribution in [2.75, 3.05) is 25.6 Å². The Morgan fingerprint density at radius 1 is 1.53 bits per heavy atom. The fraction of sp³-hybridized carbons (Fsp3) is 0.583. The summed E-state index contributed by atoms with van der Waals surface area (Å²) in [6, 6.07) is 3.93. The van der Waals surface area contributed by atoms with Crippen molar-refractivity contribution >= 4 is 5.82 Å². The van der Waals surface area contributed by atoms with Gasteiger partial charge in [0.25, 0.3) is 0 Å². The summed E-state index contributed by atoms with van der Waals surface area (Å²) in [5, 5.41) is 0. The second-order valence-corrected chi connectivity index (χ2v) is 4.35. The molecule has 1 heterocycles. The van der Waals surface area contributed by atoms with Gasteiger partial charge in [-0.1, -0.05) is 0 Å². The van der Waals surface area contributed by atoms with Crippen molar-refractivity contribution in [3.63, 3.8) is 0 Å². The molecule has 0 radical (unpaired) electrons. The van der Waals surface area contributed by atoms with Crippen LogP contribution in [-0.2, 0) is 11.3 Å². The van der Waals surface area contributed by atoms with Crippen LogP contribution in [0.3, 0.4) is 0 Å². The molecular formula is C12H22N4O. The van der Waals surface area contributed by atoms with Gasteiger partial charge in [-0.05, 0) is 38.6 Å². The van der Waals surface area contributed by atoms with Crippen LogP contribution in [0.4, 0.5) is 5.82 Å². The van der Waals surface area contributed by atoms with E-state index in [1.165, 1.54) is 5.56 Å². The van der Waals surface area contributed by atoms with Crippen LogP contribution in [0.25, 0.3) is 0 Å². The number of nitrogens with two attached hydrogens (primary N) is 1. The standard InChI is InChI=1S/C12H22N4O/c1-10(2)17-7-6-16(3)9-11-4-5-14-12(8-11)15-13/h4-5,8,10H,6-7,9,13H2,1-3H3,(H,14,15). The number of hydrazine groups is 1. The first-order valence-corrected chi connectivity index (χ1v) is 5.83.